The number of carbonyl (C=O) groups excluding carboxylic acids is 2. The summed E-state index contributed by atoms with van der Waals surface area (Å²) in [7, 11) is 0. The first-order valence-electron chi connectivity index (χ1n) is 8.24. The predicted octanol–water partition coefficient (Wildman–Crippen LogP) is 2.65. The van der Waals surface area contributed by atoms with Gasteiger partial charge in [-0.25, -0.2) is 0 Å². The van der Waals surface area contributed by atoms with E-state index in [1.165, 1.54) is 11.3 Å². The van der Waals surface area contributed by atoms with Crippen molar-refractivity contribution in [2.45, 2.75) is 19.4 Å². The van der Waals surface area contributed by atoms with E-state index in [9.17, 15) is 9.59 Å². The minimum atomic E-state index is -0.617. The summed E-state index contributed by atoms with van der Waals surface area (Å²) in [4.78, 5) is 24.7. The zero-order valence-corrected chi connectivity index (χ0v) is 15.8. The predicted molar refractivity (Wildman–Crippen MR) is 100 cm³/mol. The lowest BCUT2D eigenvalue weighted by Gasteiger charge is -2.20. The number of rotatable bonds is 6. The van der Waals surface area contributed by atoms with E-state index in [0.29, 0.717) is 47.6 Å². The van der Waals surface area contributed by atoms with Crippen LogP contribution in [-0.4, -0.2) is 37.6 Å². The molecule has 138 valence electrons. The summed E-state index contributed by atoms with van der Waals surface area (Å²) in [5.74, 6) is 0.706. The number of fused-ring (bicyclic) bond motifs is 1. The molecular weight excluding hydrogens is 376 g/mol. The van der Waals surface area contributed by atoms with Crippen molar-refractivity contribution in [3.05, 3.63) is 45.1 Å². The van der Waals surface area contributed by atoms with Crippen LogP contribution in [0.5, 0.6) is 11.5 Å². The molecule has 0 bridgehead atoms. The maximum absolute atomic E-state index is 12.1. The van der Waals surface area contributed by atoms with E-state index in [1.807, 2.05) is 17.5 Å². The van der Waals surface area contributed by atoms with Crippen LogP contribution < -0.4 is 20.1 Å². The molecule has 0 fully saturated rings. The van der Waals surface area contributed by atoms with E-state index in [-0.39, 0.29) is 11.8 Å². The van der Waals surface area contributed by atoms with E-state index in [0.717, 1.165) is 5.56 Å². The summed E-state index contributed by atoms with van der Waals surface area (Å²) < 4.78 is 11.0. The van der Waals surface area contributed by atoms with Crippen LogP contribution in [-0.2, 0) is 11.2 Å². The molecule has 26 heavy (non-hydrogen) atoms. The highest BCUT2D eigenvalue weighted by molar-refractivity contribution is 7.12. The fourth-order valence-electron chi connectivity index (χ4n) is 2.53. The van der Waals surface area contributed by atoms with Crippen molar-refractivity contribution in [2.24, 2.45) is 0 Å². The fourth-order valence-corrected chi connectivity index (χ4v) is 3.45. The summed E-state index contributed by atoms with van der Waals surface area (Å²) in [5, 5.41) is 7.82. The minimum absolute atomic E-state index is 0.237. The number of benzene rings is 1. The third-order valence-electron chi connectivity index (χ3n) is 3.86. The molecule has 2 amide bonds. The second kappa shape index (κ2) is 8.42. The summed E-state index contributed by atoms with van der Waals surface area (Å²) in [6, 6.07) is 6.57. The van der Waals surface area contributed by atoms with Crippen molar-refractivity contribution < 1.29 is 19.1 Å². The van der Waals surface area contributed by atoms with Crippen LogP contribution in [0.15, 0.2) is 29.6 Å². The lowest BCUT2D eigenvalue weighted by Crippen LogP contribution is -2.45. The molecule has 1 aromatic heterocycles. The molecule has 0 spiro atoms. The second-order valence-electron chi connectivity index (χ2n) is 5.82. The van der Waals surface area contributed by atoms with E-state index in [2.05, 4.69) is 10.6 Å². The van der Waals surface area contributed by atoms with Gasteiger partial charge in [0, 0.05) is 6.54 Å². The van der Waals surface area contributed by atoms with E-state index >= 15 is 0 Å². The van der Waals surface area contributed by atoms with E-state index in [4.69, 9.17) is 21.1 Å². The zero-order valence-electron chi connectivity index (χ0n) is 14.2. The molecule has 2 heterocycles. The van der Waals surface area contributed by atoms with Crippen LogP contribution in [0.25, 0.3) is 0 Å². The van der Waals surface area contributed by atoms with Crippen LogP contribution in [0.4, 0.5) is 0 Å². The van der Waals surface area contributed by atoms with Crippen LogP contribution >= 0.6 is 22.9 Å². The number of carbonyl (C=O) groups is 2. The van der Waals surface area contributed by atoms with Crippen molar-refractivity contribution in [3.63, 3.8) is 0 Å². The molecule has 0 unspecified atom stereocenters. The van der Waals surface area contributed by atoms with Gasteiger partial charge in [0.1, 0.15) is 19.3 Å². The van der Waals surface area contributed by atoms with Gasteiger partial charge in [-0.15, -0.1) is 11.3 Å². The largest absolute Gasteiger partial charge is 0.486 e. The van der Waals surface area contributed by atoms with Crippen molar-refractivity contribution in [1.82, 2.24) is 10.6 Å². The smallest absolute Gasteiger partial charge is 0.261 e. The Labute approximate surface area is 160 Å². The van der Waals surface area contributed by atoms with Crippen LogP contribution in [0.3, 0.4) is 0 Å². The molecule has 2 N–H and O–H groups in total. The average molecular weight is 395 g/mol. The molecule has 0 saturated heterocycles. The zero-order chi connectivity index (χ0) is 18.5. The summed E-state index contributed by atoms with van der Waals surface area (Å²) >= 11 is 7.54. The van der Waals surface area contributed by atoms with Gasteiger partial charge in [-0.1, -0.05) is 17.7 Å². The first kappa shape index (κ1) is 18.5. The van der Waals surface area contributed by atoms with E-state index < -0.39 is 6.04 Å². The van der Waals surface area contributed by atoms with Gasteiger partial charge in [0.15, 0.2) is 11.5 Å². The third kappa shape index (κ3) is 4.47. The number of halogens is 1. The Morgan fingerprint density at radius 1 is 1.31 bits per heavy atom. The molecule has 1 aliphatic heterocycles. The van der Waals surface area contributed by atoms with E-state index in [1.54, 1.807) is 19.1 Å². The van der Waals surface area contributed by atoms with Crippen LogP contribution in [0.1, 0.15) is 22.2 Å². The van der Waals surface area contributed by atoms with Gasteiger partial charge in [-0.3, -0.25) is 9.59 Å². The number of thiophene rings is 1. The number of hydrogen-bond donors (Lipinski definition) is 2. The molecular formula is C18H19ClN2O4S. The van der Waals surface area contributed by atoms with Gasteiger partial charge in [-0.2, -0.15) is 0 Å². The van der Waals surface area contributed by atoms with Gasteiger partial charge in [0.05, 0.1) is 9.90 Å². The summed E-state index contributed by atoms with van der Waals surface area (Å²) in [6.07, 6.45) is 0.591. The topological polar surface area (TPSA) is 76.7 Å². The quantitative estimate of drug-likeness (QED) is 0.789. The Kier molecular flexibility index (Phi) is 6.00. The van der Waals surface area contributed by atoms with Gasteiger partial charge in [0.25, 0.3) is 5.91 Å². The SMILES string of the molecule is C[C@H](NC(=O)c1cccs1)C(=O)NCCc1cc(Cl)c2c(c1)OCCO2. The first-order valence-corrected chi connectivity index (χ1v) is 9.50. The van der Waals surface area contributed by atoms with Crippen molar-refractivity contribution >= 4 is 34.8 Å². The Morgan fingerprint density at radius 2 is 2.12 bits per heavy atom. The van der Waals surface area contributed by atoms with Crippen molar-refractivity contribution in [3.8, 4) is 11.5 Å². The Morgan fingerprint density at radius 3 is 2.88 bits per heavy atom. The molecule has 3 rings (SSSR count). The average Bonchev–Trinajstić information content (AvgIpc) is 3.16. The number of amides is 2. The molecule has 1 atom stereocenters. The molecule has 8 heteroatoms. The Bertz CT molecular complexity index is 795. The lowest BCUT2D eigenvalue weighted by molar-refractivity contribution is -0.122. The minimum Gasteiger partial charge on any atom is -0.486 e. The highest BCUT2D eigenvalue weighted by Crippen LogP contribution is 2.38. The molecule has 1 aromatic carbocycles. The maximum atomic E-state index is 12.1. The van der Waals surface area contributed by atoms with Gasteiger partial charge in [0.2, 0.25) is 5.91 Å². The van der Waals surface area contributed by atoms with Crippen LogP contribution in [0, 0.1) is 0 Å². The molecule has 6 nitrogen and oxygen atoms in total. The van der Waals surface area contributed by atoms with Gasteiger partial charge >= 0.3 is 0 Å². The highest BCUT2D eigenvalue weighted by atomic mass is 35.5. The van der Waals surface area contributed by atoms with Gasteiger partial charge < -0.3 is 20.1 Å². The Balaban J connectivity index is 1.49. The Hall–Kier alpha value is -2.25. The molecule has 2 aromatic rings. The molecule has 1 aliphatic rings. The normalized spacial score (nSPS) is 13.8. The maximum Gasteiger partial charge on any atom is 0.261 e. The standard InChI is InChI=1S/C18H19ClN2O4S/c1-11(21-18(23)15-3-2-8-26-15)17(22)20-5-4-12-9-13(19)16-14(10-12)24-6-7-25-16/h2-3,8-11H,4-7H2,1H3,(H,20,22)(H,21,23)/t11-/m0/s1. The van der Waals surface area contributed by atoms with Crippen LogP contribution in [0.2, 0.25) is 5.02 Å². The number of hydrogen-bond acceptors (Lipinski definition) is 5. The summed E-state index contributed by atoms with van der Waals surface area (Å²) in [5.41, 5.74) is 0.940. The molecule has 0 aliphatic carbocycles. The first-order chi connectivity index (χ1) is 12.5. The monoisotopic (exact) mass is 394 g/mol. The molecule has 0 radical (unpaired) electrons. The van der Waals surface area contributed by atoms with Crippen molar-refractivity contribution in [2.75, 3.05) is 19.8 Å². The number of nitrogens with one attached hydrogen (secondary N) is 2. The number of ether oxygens (including phenoxy) is 2. The second-order valence-corrected chi connectivity index (χ2v) is 7.17. The highest BCUT2D eigenvalue weighted by Gasteiger charge is 2.18. The fraction of sp³-hybridized carbons (Fsp3) is 0.333. The lowest BCUT2D eigenvalue weighted by atomic mass is 10.1. The molecule has 0 saturated carbocycles. The third-order valence-corrected chi connectivity index (χ3v) is 5.00. The van der Waals surface area contributed by atoms with Gasteiger partial charge in [-0.05, 0) is 42.5 Å². The van der Waals surface area contributed by atoms with Crippen molar-refractivity contribution in [1.29, 1.82) is 0 Å². The summed E-state index contributed by atoms with van der Waals surface area (Å²) in [6.45, 7) is 3.05.